The lowest BCUT2D eigenvalue weighted by Gasteiger charge is -2.12. The number of carboxylic acid groups (broad SMARTS) is 1. The lowest BCUT2D eigenvalue weighted by Crippen LogP contribution is -2.17. The Hall–Kier alpha value is -1.20. The molecule has 0 saturated heterocycles. The summed E-state index contributed by atoms with van der Waals surface area (Å²) in [6.45, 7) is 17.3. The zero-order chi connectivity index (χ0) is 19.7. The molecule has 1 atom stereocenters. The second-order valence-corrected chi connectivity index (χ2v) is 5.33. The highest BCUT2D eigenvalue weighted by molar-refractivity contribution is 7.99. The monoisotopic (exact) mass is 360 g/mol. The fourth-order valence-electron chi connectivity index (χ4n) is 1.47. The Balaban J connectivity index is -0.000000659. The van der Waals surface area contributed by atoms with E-state index in [1.54, 1.807) is 11.8 Å². The molecule has 0 aliphatic rings. The van der Waals surface area contributed by atoms with Crippen molar-refractivity contribution in [3.63, 3.8) is 0 Å². The number of aliphatic carboxylic acids is 1. The average Bonchev–Trinajstić information content (AvgIpc) is 2.61. The van der Waals surface area contributed by atoms with Crippen molar-refractivity contribution in [1.29, 1.82) is 0 Å². The Morgan fingerprint density at radius 2 is 1.50 bits per heavy atom. The van der Waals surface area contributed by atoms with Crippen LogP contribution < -0.4 is 0 Å². The summed E-state index contributed by atoms with van der Waals surface area (Å²) in [6.07, 6.45) is -0.125. The normalized spacial score (nSPS) is 10.0. The minimum absolute atomic E-state index is 0.125. The summed E-state index contributed by atoms with van der Waals surface area (Å²) < 4.78 is 5.14. The first-order chi connectivity index (χ1) is 11.4. The Kier molecular flexibility index (Phi) is 20.9. The minimum atomic E-state index is -0.955. The lowest BCUT2D eigenvalue weighted by atomic mass is 10.1. The number of carboxylic acids is 1. The summed E-state index contributed by atoms with van der Waals surface area (Å²) in [5.41, 5.74) is 1.69. The molecular weight excluding hydrogens is 324 g/mol. The topological polar surface area (TPSA) is 66.8 Å². The van der Waals surface area contributed by atoms with Gasteiger partial charge in [0.2, 0.25) is 0 Å². The molecule has 0 aliphatic heterocycles. The van der Waals surface area contributed by atoms with E-state index in [1.165, 1.54) is 0 Å². The standard InChI is InChI=1S/C13H18O4S.3C2H6/c1-8-4-11(5-9(2)13(8)16)18-7-10(3)17-6-12(14)15;3*1-2/h4-5,10,16H,6-7H2,1-3H3,(H,14,15);3*1-2H3. The molecule has 0 radical (unpaired) electrons. The zero-order valence-electron chi connectivity index (χ0n) is 16.8. The smallest absolute Gasteiger partial charge is 0.329 e. The van der Waals surface area contributed by atoms with Gasteiger partial charge in [0.1, 0.15) is 12.4 Å². The highest BCUT2D eigenvalue weighted by atomic mass is 32.2. The number of phenols is 1. The molecule has 0 aromatic heterocycles. The van der Waals surface area contributed by atoms with Crippen LogP contribution in [-0.4, -0.2) is 34.6 Å². The number of ether oxygens (including phenoxy) is 1. The van der Waals surface area contributed by atoms with Gasteiger partial charge in [-0.3, -0.25) is 0 Å². The van der Waals surface area contributed by atoms with Gasteiger partial charge in [0, 0.05) is 10.6 Å². The van der Waals surface area contributed by atoms with Crippen molar-refractivity contribution < 1.29 is 19.7 Å². The van der Waals surface area contributed by atoms with Gasteiger partial charge < -0.3 is 14.9 Å². The summed E-state index contributed by atoms with van der Waals surface area (Å²) in [5.74, 6) is 0.0504. The van der Waals surface area contributed by atoms with Crippen molar-refractivity contribution in [2.45, 2.75) is 73.3 Å². The zero-order valence-corrected chi connectivity index (χ0v) is 17.6. The Bertz CT molecular complexity index is 410. The molecule has 5 heteroatoms. The van der Waals surface area contributed by atoms with E-state index in [1.807, 2.05) is 74.4 Å². The number of hydrogen-bond donors (Lipinski definition) is 2. The van der Waals surface area contributed by atoms with Gasteiger partial charge in [-0.15, -0.1) is 11.8 Å². The number of benzene rings is 1. The third kappa shape index (κ3) is 13.3. The molecule has 0 saturated carbocycles. The number of thioether (sulfide) groups is 1. The van der Waals surface area contributed by atoms with Crippen LogP contribution in [0.4, 0.5) is 0 Å². The molecule has 2 N–H and O–H groups in total. The first-order valence-electron chi connectivity index (χ1n) is 8.66. The van der Waals surface area contributed by atoms with Crippen LogP contribution in [0.25, 0.3) is 0 Å². The summed E-state index contributed by atoms with van der Waals surface area (Å²) in [5, 5.41) is 18.1. The highest BCUT2D eigenvalue weighted by Crippen LogP contribution is 2.29. The van der Waals surface area contributed by atoms with E-state index in [9.17, 15) is 9.90 Å². The quantitative estimate of drug-likeness (QED) is 0.640. The van der Waals surface area contributed by atoms with Gasteiger partial charge in [-0.25, -0.2) is 4.79 Å². The Morgan fingerprint density at radius 3 is 1.88 bits per heavy atom. The fourth-order valence-corrected chi connectivity index (χ4v) is 2.52. The second kappa shape index (κ2) is 18.1. The van der Waals surface area contributed by atoms with Crippen LogP contribution in [0.5, 0.6) is 5.75 Å². The van der Waals surface area contributed by atoms with Crippen molar-refractivity contribution in [3.05, 3.63) is 23.3 Å². The molecule has 1 aromatic rings. The van der Waals surface area contributed by atoms with E-state index in [0.717, 1.165) is 16.0 Å². The van der Waals surface area contributed by atoms with Crippen LogP contribution in [0.3, 0.4) is 0 Å². The number of aromatic hydroxyl groups is 1. The molecule has 24 heavy (non-hydrogen) atoms. The highest BCUT2D eigenvalue weighted by Gasteiger charge is 2.08. The summed E-state index contributed by atoms with van der Waals surface area (Å²) in [7, 11) is 0. The molecule has 142 valence electrons. The first kappa shape index (κ1) is 27.6. The molecule has 1 rings (SSSR count). The predicted molar refractivity (Wildman–Crippen MR) is 105 cm³/mol. The summed E-state index contributed by atoms with van der Waals surface area (Å²) in [6, 6.07) is 3.83. The second-order valence-electron chi connectivity index (χ2n) is 4.23. The third-order valence-electron chi connectivity index (χ3n) is 2.44. The van der Waals surface area contributed by atoms with Gasteiger partial charge in [-0.2, -0.15) is 0 Å². The van der Waals surface area contributed by atoms with Gasteiger partial charge in [0.05, 0.1) is 6.10 Å². The van der Waals surface area contributed by atoms with Gasteiger partial charge in [0.25, 0.3) is 0 Å². The summed E-state index contributed by atoms with van der Waals surface area (Å²) in [4.78, 5) is 11.4. The molecule has 0 bridgehead atoms. The van der Waals surface area contributed by atoms with E-state index in [0.29, 0.717) is 11.5 Å². The largest absolute Gasteiger partial charge is 0.507 e. The van der Waals surface area contributed by atoms with Gasteiger partial charge >= 0.3 is 5.97 Å². The van der Waals surface area contributed by atoms with Crippen molar-refractivity contribution in [2.75, 3.05) is 12.4 Å². The molecule has 0 aliphatic carbocycles. The van der Waals surface area contributed by atoms with Crippen molar-refractivity contribution in [3.8, 4) is 5.75 Å². The number of aryl methyl sites for hydroxylation is 2. The van der Waals surface area contributed by atoms with E-state index in [-0.39, 0.29) is 12.7 Å². The third-order valence-corrected chi connectivity index (χ3v) is 3.65. The van der Waals surface area contributed by atoms with Crippen LogP contribution in [0.2, 0.25) is 0 Å². The van der Waals surface area contributed by atoms with E-state index >= 15 is 0 Å². The molecular formula is C19H36O4S. The SMILES string of the molecule is CC.CC.CC.Cc1cc(SCC(C)OCC(=O)O)cc(C)c1O. The van der Waals surface area contributed by atoms with Gasteiger partial charge in [-0.1, -0.05) is 41.5 Å². The van der Waals surface area contributed by atoms with Crippen molar-refractivity contribution in [1.82, 2.24) is 0 Å². The molecule has 0 heterocycles. The number of carbonyl (C=O) groups is 1. The maximum atomic E-state index is 10.3. The Morgan fingerprint density at radius 1 is 1.08 bits per heavy atom. The van der Waals surface area contributed by atoms with Gasteiger partial charge in [0.15, 0.2) is 0 Å². The van der Waals surface area contributed by atoms with Crippen LogP contribution in [-0.2, 0) is 9.53 Å². The van der Waals surface area contributed by atoms with Crippen LogP contribution >= 0.6 is 11.8 Å². The summed E-state index contributed by atoms with van der Waals surface area (Å²) >= 11 is 1.59. The molecule has 1 unspecified atom stereocenters. The number of hydrogen-bond acceptors (Lipinski definition) is 4. The van der Waals surface area contributed by atoms with E-state index in [4.69, 9.17) is 9.84 Å². The molecule has 0 spiro atoms. The van der Waals surface area contributed by atoms with E-state index < -0.39 is 5.97 Å². The molecule has 0 fully saturated rings. The molecule has 4 nitrogen and oxygen atoms in total. The van der Waals surface area contributed by atoms with E-state index in [2.05, 4.69) is 0 Å². The average molecular weight is 361 g/mol. The van der Waals surface area contributed by atoms with Crippen molar-refractivity contribution >= 4 is 17.7 Å². The maximum Gasteiger partial charge on any atom is 0.329 e. The Labute approximate surface area is 152 Å². The van der Waals surface area contributed by atoms with Crippen LogP contribution in [0, 0.1) is 13.8 Å². The molecule has 0 amide bonds. The minimum Gasteiger partial charge on any atom is -0.507 e. The fraction of sp³-hybridized carbons (Fsp3) is 0.632. The lowest BCUT2D eigenvalue weighted by molar-refractivity contribution is -0.143. The van der Waals surface area contributed by atoms with Crippen molar-refractivity contribution in [2.24, 2.45) is 0 Å². The maximum absolute atomic E-state index is 10.3. The number of phenolic OH excluding ortho intramolecular Hbond substituents is 1. The van der Waals surface area contributed by atoms with Crippen LogP contribution in [0.15, 0.2) is 17.0 Å². The number of rotatable bonds is 6. The van der Waals surface area contributed by atoms with Gasteiger partial charge in [-0.05, 0) is 44.0 Å². The molecule has 1 aromatic carbocycles. The predicted octanol–water partition coefficient (Wildman–Crippen LogP) is 5.67. The van der Waals surface area contributed by atoms with Crippen LogP contribution in [0.1, 0.15) is 59.6 Å². The first-order valence-corrected chi connectivity index (χ1v) is 9.65.